The smallest absolute Gasteiger partial charge is 0.258 e. The van der Waals surface area contributed by atoms with Crippen LogP contribution in [0.1, 0.15) is 29.3 Å². The molecule has 0 amide bonds. The Kier molecular flexibility index (Phi) is 4.22. The Morgan fingerprint density at radius 3 is 2.78 bits per heavy atom. The van der Waals surface area contributed by atoms with Gasteiger partial charge in [-0.15, -0.1) is 11.3 Å². The quantitative estimate of drug-likeness (QED) is 0.623. The number of nitrogens with zero attached hydrogens (tertiary/aromatic N) is 2. The molecule has 2 heterocycles. The minimum Gasteiger partial charge on any atom is -0.258 e. The fourth-order valence-electron chi connectivity index (χ4n) is 2.87. The lowest BCUT2D eigenvalue weighted by molar-refractivity contribution is -0.385. The topological polar surface area (TPSA) is 80.5 Å². The molecule has 8 heteroatoms. The first kappa shape index (κ1) is 16.1. The van der Waals surface area contributed by atoms with E-state index in [4.69, 9.17) is 0 Å². The molecule has 1 atom stereocenters. The molecule has 122 valence electrons. The molecule has 1 aliphatic heterocycles. The summed E-state index contributed by atoms with van der Waals surface area (Å²) in [6.45, 7) is 2.03. The Morgan fingerprint density at radius 2 is 2.13 bits per heavy atom. The second-order valence-electron chi connectivity index (χ2n) is 5.49. The summed E-state index contributed by atoms with van der Waals surface area (Å²) in [7, 11) is -3.75. The summed E-state index contributed by atoms with van der Waals surface area (Å²) in [5, 5.41) is 13.0. The van der Waals surface area contributed by atoms with Crippen molar-refractivity contribution in [1.29, 1.82) is 0 Å². The molecule has 0 N–H and O–H groups in total. The zero-order valence-electron chi connectivity index (χ0n) is 12.5. The average molecular weight is 352 g/mol. The summed E-state index contributed by atoms with van der Waals surface area (Å²) >= 11 is 1.53. The Labute approximate surface area is 138 Å². The zero-order chi connectivity index (χ0) is 16.6. The van der Waals surface area contributed by atoms with Gasteiger partial charge >= 0.3 is 0 Å². The maximum Gasteiger partial charge on any atom is 0.273 e. The fourth-order valence-corrected chi connectivity index (χ4v) is 5.51. The standard InChI is InChI=1S/C15H16N2O4S2/c1-11-6-7-12(10-14(11)17(18)19)23(20,21)16-8-2-4-13(16)15-5-3-9-22-15/h3,5-7,9-10,13H,2,4,8H2,1H3/t13-/m1/s1. The molecule has 1 saturated heterocycles. The molecule has 0 spiro atoms. The van der Waals surface area contributed by atoms with Crippen LogP contribution < -0.4 is 0 Å². The highest BCUT2D eigenvalue weighted by atomic mass is 32.2. The Morgan fingerprint density at radius 1 is 1.35 bits per heavy atom. The molecule has 1 aromatic heterocycles. The van der Waals surface area contributed by atoms with Crippen LogP contribution in [-0.2, 0) is 10.0 Å². The van der Waals surface area contributed by atoms with Crippen molar-refractivity contribution in [3.63, 3.8) is 0 Å². The first-order chi connectivity index (χ1) is 10.9. The predicted molar refractivity (Wildman–Crippen MR) is 88.0 cm³/mol. The maximum absolute atomic E-state index is 12.9. The Bertz CT molecular complexity index is 831. The van der Waals surface area contributed by atoms with Gasteiger partial charge in [0.15, 0.2) is 0 Å². The van der Waals surface area contributed by atoms with E-state index in [9.17, 15) is 18.5 Å². The fraction of sp³-hybridized carbons (Fsp3) is 0.333. The number of sulfonamides is 1. The van der Waals surface area contributed by atoms with E-state index in [2.05, 4.69) is 0 Å². The van der Waals surface area contributed by atoms with Crippen molar-refractivity contribution >= 4 is 27.0 Å². The SMILES string of the molecule is Cc1ccc(S(=O)(=O)N2CCC[C@@H]2c2cccs2)cc1[N+](=O)[O-]. The highest BCUT2D eigenvalue weighted by Crippen LogP contribution is 2.39. The number of hydrogen-bond donors (Lipinski definition) is 0. The van der Waals surface area contributed by atoms with Crippen molar-refractivity contribution in [1.82, 2.24) is 4.31 Å². The minimum absolute atomic E-state index is 0.0155. The molecule has 1 fully saturated rings. The molecule has 0 bridgehead atoms. The van der Waals surface area contributed by atoms with Crippen LogP contribution >= 0.6 is 11.3 Å². The number of rotatable bonds is 4. The van der Waals surface area contributed by atoms with Gasteiger partial charge in [0, 0.05) is 23.1 Å². The Hall–Kier alpha value is -1.77. The van der Waals surface area contributed by atoms with Crippen molar-refractivity contribution in [3.05, 3.63) is 56.3 Å². The summed E-state index contributed by atoms with van der Waals surface area (Å²) in [5.74, 6) is 0. The molecule has 3 rings (SSSR count). The molecule has 2 aromatic rings. The zero-order valence-corrected chi connectivity index (χ0v) is 14.1. The van der Waals surface area contributed by atoms with Crippen molar-refractivity contribution in [2.45, 2.75) is 30.7 Å². The summed E-state index contributed by atoms with van der Waals surface area (Å²) < 4.78 is 27.3. The molecule has 1 aromatic carbocycles. The third-order valence-corrected chi connectivity index (χ3v) is 6.94. The van der Waals surface area contributed by atoms with Crippen LogP contribution in [0.4, 0.5) is 5.69 Å². The summed E-state index contributed by atoms with van der Waals surface area (Å²) in [6.07, 6.45) is 1.56. The molecule has 6 nitrogen and oxygen atoms in total. The van der Waals surface area contributed by atoms with Crippen LogP contribution in [0.2, 0.25) is 0 Å². The summed E-state index contributed by atoms with van der Waals surface area (Å²) in [5.41, 5.74) is 0.281. The van der Waals surface area contributed by atoms with Gasteiger partial charge in [0.05, 0.1) is 15.9 Å². The second-order valence-corrected chi connectivity index (χ2v) is 8.36. The highest BCUT2D eigenvalue weighted by molar-refractivity contribution is 7.89. The van der Waals surface area contributed by atoms with E-state index >= 15 is 0 Å². The maximum atomic E-state index is 12.9. The van der Waals surface area contributed by atoms with Gasteiger partial charge in [-0.25, -0.2) is 8.42 Å². The van der Waals surface area contributed by atoms with Crippen molar-refractivity contribution in [2.75, 3.05) is 6.54 Å². The van der Waals surface area contributed by atoms with Crippen LogP contribution in [0.5, 0.6) is 0 Å². The number of nitro benzene ring substituents is 1. The first-order valence-electron chi connectivity index (χ1n) is 7.21. The van der Waals surface area contributed by atoms with Gasteiger partial charge in [0.2, 0.25) is 10.0 Å². The molecule has 1 aliphatic rings. The molecule has 0 saturated carbocycles. The lowest BCUT2D eigenvalue weighted by Gasteiger charge is -2.23. The third kappa shape index (κ3) is 2.89. The van der Waals surface area contributed by atoms with Gasteiger partial charge in [-0.1, -0.05) is 12.1 Å². The number of benzene rings is 1. The monoisotopic (exact) mass is 352 g/mol. The van der Waals surface area contributed by atoms with Gasteiger partial charge < -0.3 is 0 Å². The van der Waals surface area contributed by atoms with Gasteiger partial charge in [0.25, 0.3) is 5.69 Å². The van der Waals surface area contributed by atoms with E-state index in [1.165, 1.54) is 27.8 Å². The van der Waals surface area contributed by atoms with Crippen LogP contribution in [-0.4, -0.2) is 24.2 Å². The normalized spacial score (nSPS) is 19.1. The van der Waals surface area contributed by atoms with E-state index in [0.717, 1.165) is 23.8 Å². The highest BCUT2D eigenvalue weighted by Gasteiger charge is 2.37. The Balaban J connectivity index is 2.01. The van der Waals surface area contributed by atoms with Gasteiger partial charge in [-0.2, -0.15) is 4.31 Å². The van der Waals surface area contributed by atoms with E-state index < -0.39 is 14.9 Å². The molecule has 0 radical (unpaired) electrons. The van der Waals surface area contributed by atoms with Gasteiger partial charge in [-0.05, 0) is 37.3 Å². The van der Waals surface area contributed by atoms with Crippen LogP contribution in [0.25, 0.3) is 0 Å². The molecule has 0 aliphatic carbocycles. The second kappa shape index (κ2) is 6.03. The molecular weight excluding hydrogens is 336 g/mol. The first-order valence-corrected chi connectivity index (χ1v) is 9.53. The van der Waals surface area contributed by atoms with Crippen molar-refractivity contribution < 1.29 is 13.3 Å². The van der Waals surface area contributed by atoms with Gasteiger partial charge in [0.1, 0.15) is 0 Å². The predicted octanol–water partition coefficient (Wildman–Crippen LogP) is 3.49. The summed E-state index contributed by atoms with van der Waals surface area (Å²) in [6, 6.07) is 7.75. The summed E-state index contributed by atoms with van der Waals surface area (Å²) in [4.78, 5) is 11.5. The van der Waals surface area contributed by atoms with E-state index in [0.29, 0.717) is 12.1 Å². The van der Waals surface area contributed by atoms with Crippen LogP contribution in [0, 0.1) is 17.0 Å². The molecular formula is C15H16N2O4S2. The number of thiophene rings is 1. The van der Waals surface area contributed by atoms with E-state index in [1.54, 1.807) is 6.92 Å². The largest absolute Gasteiger partial charge is 0.273 e. The van der Waals surface area contributed by atoms with E-state index in [1.807, 2.05) is 17.5 Å². The average Bonchev–Trinajstić information content (AvgIpc) is 3.18. The number of nitro groups is 1. The third-order valence-electron chi connectivity index (χ3n) is 4.06. The van der Waals surface area contributed by atoms with Crippen LogP contribution in [0.3, 0.4) is 0 Å². The lowest BCUT2D eigenvalue weighted by atomic mass is 10.2. The minimum atomic E-state index is -3.75. The van der Waals surface area contributed by atoms with Crippen molar-refractivity contribution in [2.24, 2.45) is 0 Å². The van der Waals surface area contributed by atoms with Crippen molar-refractivity contribution in [3.8, 4) is 0 Å². The molecule has 23 heavy (non-hydrogen) atoms. The van der Waals surface area contributed by atoms with Crippen LogP contribution in [0.15, 0.2) is 40.6 Å². The number of aryl methyl sites for hydroxylation is 1. The molecule has 0 unspecified atom stereocenters. The van der Waals surface area contributed by atoms with E-state index in [-0.39, 0.29) is 16.6 Å². The van der Waals surface area contributed by atoms with Gasteiger partial charge in [-0.3, -0.25) is 10.1 Å². The number of hydrogen-bond acceptors (Lipinski definition) is 5. The lowest BCUT2D eigenvalue weighted by Crippen LogP contribution is -2.30.